The number of halogens is 4. The second-order valence-electron chi connectivity index (χ2n) is 4.38. The standard InChI is InChI=1S/C13H11F4N3O2/c1-20(12(21)11-6-22-7-18-11)19-5-8-2-3-9(4-10(8)14)13(15,16)17/h2-4,6-7,19H,5H2,1H3. The molecular weight excluding hydrogens is 306 g/mol. The van der Waals surface area contributed by atoms with E-state index >= 15 is 0 Å². The minimum atomic E-state index is -4.60. The third-order valence-electron chi connectivity index (χ3n) is 2.84. The van der Waals surface area contributed by atoms with Gasteiger partial charge in [-0.15, -0.1) is 0 Å². The third kappa shape index (κ3) is 3.61. The van der Waals surface area contributed by atoms with Gasteiger partial charge in [0.05, 0.1) is 5.56 Å². The zero-order chi connectivity index (χ0) is 16.3. The van der Waals surface area contributed by atoms with Crippen molar-refractivity contribution in [2.75, 3.05) is 7.05 Å². The highest BCUT2D eigenvalue weighted by atomic mass is 19.4. The van der Waals surface area contributed by atoms with Crippen LogP contribution in [-0.4, -0.2) is 22.9 Å². The van der Waals surface area contributed by atoms with E-state index in [0.29, 0.717) is 6.07 Å². The van der Waals surface area contributed by atoms with Crippen molar-refractivity contribution < 1.29 is 26.8 Å². The number of aromatic nitrogens is 1. The van der Waals surface area contributed by atoms with Gasteiger partial charge >= 0.3 is 6.18 Å². The van der Waals surface area contributed by atoms with Crippen LogP contribution in [0.15, 0.2) is 35.3 Å². The molecule has 0 atom stereocenters. The molecule has 0 radical (unpaired) electrons. The normalized spacial score (nSPS) is 11.5. The molecule has 5 nitrogen and oxygen atoms in total. The Morgan fingerprint density at radius 1 is 1.41 bits per heavy atom. The Bertz CT molecular complexity index is 656. The van der Waals surface area contributed by atoms with Gasteiger partial charge in [-0.1, -0.05) is 6.07 Å². The number of amides is 1. The first-order valence-electron chi connectivity index (χ1n) is 6.04. The predicted octanol–water partition coefficient (Wildman–Crippen LogP) is 2.61. The monoisotopic (exact) mass is 317 g/mol. The molecule has 0 aliphatic heterocycles. The van der Waals surface area contributed by atoms with Crippen LogP contribution in [0, 0.1) is 5.82 Å². The molecule has 0 aliphatic rings. The van der Waals surface area contributed by atoms with Crippen LogP contribution in [0.25, 0.3) is 0 Å². The number of hydrogen-bond acceptors (Lipinski definition) is 4. The summed E-state index contributed by atoms with van der Waals surface area (Å²) in [4.78, 5) is 15.4. The summed E-state index contributed by atoms with van der Waals surface area (Å²) in [6, 6.07) is 2.20. The quantitative estimate of drug-likeness (QED) is 0.696. The van der Waals surface area contributed by atoms with Crippen LogP contribution in [0.5, 0.6) is 0 Å². The van der Waals surface area contributed by atoms with Crippen molar-refractivity contribution in [2.24, 2.45) is 0 Å². The average Bonchev–Trinajstić information content (AvgIpc) is 2.97. The van der Waals surface area contributed by atoms with Crippen LogP contribution in [0.1, 0.15) is 21.6 Å². The Labute approximate surface area is 122 Å². The van der Waals surface area contributed by atoms with E-state index in [1.807, 2.05) is 0 Å². The lowest BCUT2D eigenvalue weighted by atomic mass is 10.1. The summed E-state index contributed by atoms with van der Waals surface area (Å²) >= 11 is 0. The Morgan fingerprint density at radius 2 is 2.14 bits per heavy atom. The molecule has 1 aromatic carbocycles. The number of nitrogens with zero attached hydrogens (tertiary/aromatic N) is 2. The Hall–Kier alpha value is -2.42. The smallest absolute Gasteiger partial charge is 0.416 e. The van der Waals surface area contributed by atoms with E-state index in [-0.39, 0.29) is 17.8 Å². The van der Waals surface area contributed by atoms with Gasteiger partial charge in [-0.3, -0.25) is 9.80 Å². The maximum Gasteiger partial charge on any atom is 0.416 e. The first-order chi connectivity index (χ1) is 10.3. The van der Waals surface area contributed by atoms with Gasteiger partial charge in [-0.25, -0.2) is 14.8 Å². The molecule has 9 heteroatoms. The molecule has 22 heavy (non-hydrogen) atoms. The molecule has 118 valence electrons. The Morgan fingerprint density at radius 3 is 2.68 bits per heavy atom. The lowest BCUT2D eigenvalue weighted by Gasteiger charge is -2.17. The van der Waals surface area contributed by atoms with Gasteiger partial charge in [0.15, 0.2) is 12.1 Å². The minimum Gasteiger partial charge on any atom is -0.451 e. The van der Waals surface area contributed by atoms with Crippen molar-refractivity contribution in [3.63, 3.8) is 0 Å². The average molecular weight is 317 g/mol. The second-order valence-corrected chi connectivity index (χ2v) is 4.38. The number of rotatable bonds is 4. The van der Waals surface area contributed by atoms with Crippen molar-refractivity contribution in [3.05, 3.63) is 53.5 Å². The first-order valence-corrected chi connectivity index (χ1v) is 6.04. The third-order valence-corrected chi connectivity index (χ3v) is 2.84. The van der Waals surface area contributed by atoms with Crippen LogP contribution < -0.4 is 5.43 Å². The number of oxazole rings is 1. The van der Waals surface area contributed by atoms with Crippen molar-refractivity contribution in [1.29, 1.82) is 0 Å². The number of nitrogens with one attached hydrogen (secondary N) is 1. The fourth-order valence-corrected chi connectivity index (χ4v) is 1.63. The van der Waals surface area contributed by atoms with E-state index in [4.69, 9.17) is 0 Å². The lowest BCUT2D eigenvalue weighted by molar-refractivity contribution is -0.137. The van der Waals surface area contributed by atoms with E-state index in [1.54, 1.807) is 0 Å². The van der Waals surface area contributed by atoms with E-state index in [9.17, 15) is 22.4 Å². The van der Waals surface area contributed by atoms with Gasteiger partial charge in [0.1, 0.15) is 12.1 Å². The summed E-state index contributed by atoms with van der Waals surface area (Å²) < 4.78 is 55.6. The molecule has 0 saturated carbocycles. The van der Waals surface area contributed by atoms with E-state index in [0.717, 1.165) is 29.8 Å². The molecule has 2 rings (SSSR count). The summed E-state index contributed by atoms with van der Waals surface area (Å²) in [5, 5.41) is 1.04. The van der Waals surface area contributed by atoms with Crippen molar-refractivity contribution in [3.8, 4) is 0 Å². The Balaban J connectivity index is 2.01. The molecular formula is C13H11F4N3O2. The van der Waals surface area contributed by atoms with E-state index < -0.39 is 23.5 Å². The van der Waals surface area contributed by atoms with E-state index in [2.05, 4.69) is 14.8 Å². The number of hydrogen-bond donors (Lipinski definition) is 1. The van der Waals surface area contributed by atoms with Crippen LogP contribution in [0.2, 0.25) is 0 Å². The maximum absolute atomic E-state index is 13.6. The first kappa shape index (κ1) is 16.0. The predicted molar refractivity (Wildman–Crippen MR) is 66.8 cm³/mol. The zero-order valence-electron chi connectivity index (χ0n) is 11.3. The second kappa shape index (κ2) is 6.14. The van der Waals surface area contributed by atoms with Gasteiger partial charge in [0.2, 0.25) is 0 Å². The van der Waals surface area contributed by atoms with Gasteiger partial charge in [0, 0.05) is 19.2 Å². The van der Waals surface area contributed by atoms with Gasteiger partial charge in [-0.2, -0.15) is 13.2 Å². The van der Waals surface area contributed by atoms with Crippen LogP contribution >= 0.6 is 0 Å². The molecule has 1 N–H and O–H groups in total. The Kier molecular flexibility index (Phi) is 4.45. The molecule has 2 aromatic rings. The number of hydrazine groups is 1. The van der Waals surface area contributed by atoms with Crippen LogP contribution in [-0.2, 0) is 12.7 Å². The largest absolute Gasteiger partial charge is 0.451 e. The van der Waals surface area contributed by atoms with Gasteiger partial charge < -0.3 is 4.42 Å². The summed E-state index contributed by atoms with van der Waals surface area (Å²) in [5.74, 6) is -1.54. The summed E-state index contributed by atoms with van der Waals surface area (Å²) in [6.07, 6.45) is -2.39. The molecule has 0 fully saturated rings. The molecule has 0 spiro atoms. The topological polar surface area (TPSA) is 58.4 Å². The molecule has 0 saturated heterocycles. The summed E-state index contributed by atoms with van der Waals surface area (Å²) in [5.41, 5.74) is 1.54. The minimum absolute atomic E-state index is 0.00666. The summed E-state index contributed by atoms with van der Waals surface area (Å²) in [6.45, 7) is -0.163. The van der Waals surface area contributed by atoms with Gasteiger partial charge in [-0.05, 0) is 12.1 Å². The highest BCUT2D eigenvalue weighted by Crippen LogP contribution is 2.30. The number of benzene rings is 1. The fourth-order valence-electron chi connectivity index (χ4n) is 1.63. The lowest BCUT2D eigenvalue weighted by Crippen LogP contribution is -2.39. The van der Waals surface area contributed by atoms with Crippen molar-refractivity contribution in [2.45, 2.75) is 12.7 Å². The van der Waals surface area contributed by atoms with Crippen LogP contribution in [0.3, 0.4) is 0 Å². The molecule has 0 bridgehead atoms. The summed E-state index contributed by atoms with van der Waals surface area (Å²) in [7, 11) is 1.37. The molecule has 0 unspecified atom stereocenters. The maximum atomic E-state index is 13.6. The van der Waals surface area contributed by atoms with Crippen LogP contribution in [0.4, 0.5) is 17.6 Å². The number of alkyl halides is 3. The number of carbonyl (C=O) groups excluding carboxylic acids is 1. The van der Waals surface area contributed by atoms with Gasteiger partial charge in [0.25, 0.3) is 5.91 Å². The van der Waals surface area contributed by atoms with E-state index in [1.165, 1.54) is 7.05 Å². The molecule has 0 aliphatic carbocycles. The fraction of sp³-hybridized carbons (Fsp3) is 0.231. The molecule has 1 amide bonds. The van der Waals surface area contributed by atoms with Crippen molar-refractivity contribution in [1.82, 2.24) is 15.4 Å². The highest BCUT2D eigenvalue weighted by Gasteiger charge is 2.31. The SMILES string of the molecule is CN(NCc1ccc(C(F)(F)F)cc1F)C(=O)c1cocn1. The highest BCUT2D eigenvalue weighted by molar-refractivity contribution is 5.91. The van der Waals surface area contributed by atoms with Crippen molar-refractivity contribution >= 4 is 5.91 Å². The zero-order valence-corrected chi connectivity index (χ0v) is 11.3. The molecule has 1 heterocycles. The molecule has 1 aromatic heterocycles. The number of carbonyl (C=O) groups is 1.